The summed E-state index contributed by atoms with van der Waals surface area (Å²) in [4.78, 5) is 22.8. The highest BCUT2D eigenvalue weighted by Crippen LogP contribution is 2.37. The van der Waals surface area contributed by atoms with Crippen molar-refractivity contribution >= 4 is 23.2 Å². The summed E-state index contributed by atoms with van der Waals surface area (Å²) in [7, 11) is 0. The van der Waals surface area contributed by atoms with Gasteiger partial charge in [0, 0.05) is 48.8 Å². The zero-order chi connectivity index (χ0) is 22.5. The number of halogens is 4. The van der Waals surface area contributed by atoms with Crippen LogP contribution in [-0.2, 0) is 6.18 Å². The van der Waals surface area contributed by atoms with E-state index in [-0.39, 0.29) is 22.5 Å². The molecule has 1 fully saturated rings. The highest BCUT2D eigenvalue weighted by atomic mass is 35.5. The number of rotatable bonds is 3. The normalized spacial score (nSPS) is 15.6. The largest absolute Gasteiger partial charge is 0.472 e. The number of alkyl halides is 3. The van der Waals surface area contributed by atoms with E-state index in [0.29, 0.717) is 31.5 Å². The number of carbonyl (C=O) groups excluding carboxylic acids is 1. The minimum absolute atomic E-state index is 0.155. The maximum atomic E-state index is 13.8. The first-order chi connectivity index (χ1) is 15.3. The predicted octanol–water partition coefficient (Wildman–Crippen LogP) is 4.94. The Bertz CT molecular complexity index is 1260. The molecule has 11 heteroatoms. The van der Waals surface area contributed by atoms with Gasteiger partial charge in [0.1, 0.15) is 5.15 Å². The van der Waals surface area contributed by atoms with Crippen molar-refractivity contribution in [2.45, 2.75) is 25.1 Å². The summed E-state index contributed by atoms with van der Waals surface area (Å²) >= 11 is 6.39. The lowest BCUT2D eigenvalue weighted by molar-refractivity contribution is -0.136. The number of furan rings is 1. The Morgan fingerprint density at radius 2 is 2.00 bits per heavy atom. The number of hydrogen-bond acceptors (Lipinski definition) is 4. The molecular weight excluding hydrogens is 447 g/mol. The van der Waals surface area contributed by atoms with Crippen molar-refractivity contribution in [1.82, 2.24) is 23.8 Å². The van der Waals surface area contributed by atoms with Gasteiger partial charge in [0.2, 0.25) is 0 Å². The molecule has 0 N–H and O–H groups in total. The minimum Gasteiger partial charge on any atom is -0.472 e. The van der Waals surface area contributed by atoms with Gasteiger partial charge in [-0.1, -0.05) is 11.6 Å². The molecule has 5 rings (SSSR count). The van der Waals surface area contributed by atoms with Crippen molar-refractivity contribution in [3.05, 3.63) is 66.0 Å². The first-order valence-electron chi connectivity index (χ1n) is 9.91. The third-order valence-corrected chi connectivity index (χ3v) is 6.08. The second-order valence-electron chi connectivity index (χ2n) is 7.63. The van der Waals surface area contributed by atoms with Gasteiger partial charge in [-0.25, -0.2) is 9.97 Å². The van der Waals surface area contributed by atoms with Crippen molar-refractivity contribution in [2.24, 2.45) is 0 Å². The molecule has 0 spiro atoms. The molecule has 0 atom stereocenters. The van der Waals surface area contributed by atoms with E-state index in [1.54, 1.807) is 23.5 Å². The molecule has 0 aliphatic carbocycles. The van der Waals surface area contributed by atoms with Gasteiger partial charge in [-0.05, 0) is 25.0 Å². The van der Waals surface area contributed by atoms with Crippen molar-refractivity contribution in [2.75, 3.05) is 13.1 Å². The second-order valence-corrected chi connectivity index (χ2v) is 7.99. The number of piperidine rings is 1. The quantitative estimate of drug-likeness (QED) is 0.431. The molecule has 7 nitrogen and oxygen atoms in total. The van der Waals surface area contributed by atoms with Gasteiger partial charge in [0.15, 0.2) is 11.3 Å². The van der Waals surface area contributed by atoms with Crippen molar-refractivity contribution < 1.29 is 22.4 Å². The van der Waals surface area contributed by atoms with Gasteiger partial charge in [-0.2, -0.15) is 13.2 Å². The average Bonchev–Trinajstić information content (AvgIpc) is 3.54. The molecule has 0 radical (unpaired) electrons. The Balaban J connectivity index is 1.49. The summed E-state index contributed by atoms with van der Waals surface area (Å²) in [6.45, 7) is 0.885. The molecule has 0 aromatic carbocycles. The van der Waals surface area contributed by atoms with Crippen LogP contribution >= 0.6 is 11.6 Å². The molecule has 4 aromatic rings. The van der Waals surface area contributed by atoms with Crippen LogP contribution in [0, 0.1) is 0 Å². The van der Waals surface area contributed by atoms with Gasteiger partial charge < -0.3 is 13.9 Å². The summed E-state index contributed by atoms with van der Waals surface area (Å²) in [6.07, 6.45) is 6.15. The van der Waals surface area contributed by atoms with Gasteiger partial charge in [0.25, 0.3) is 5.91 Å². The van der Waals surface area contributed by atoms with E-state index in [9.17, 15) is 18.0 Å². The van der Waals surface area contributed by atoms with E-state index in [0.717, 1.165) is 10.5 Å². The van der Waals surface area contributed by atoms with Gasteiger partial charge in [-0.3, -0.25) is 9.20 Å². The number of aromatic nitrogens is 4. The molecular formula is C21H17ClF3N5O2. The first kappa shape index (κ1) is 20.6. The van der Waals surface area contributed by atoms with Crippen LogP contribution in [0.25, 0.3) is 16.8 Å². The number of carbonyl (C=O) groups is 1. The lowest BCUT2D eigenvalue weighted by Gasteiger charge is -2.32. The molecule has 32 heavy (non-hydrogen) atoms. The van der Waals surface area contributed by atoms with Crippen LogP contribution in [0.15, 0.2) is 54.0 Å². The topological polar surface area (TPSA) is 68.6 Å². The molecule has 1 aliphatic heterocycles. The Hall–Kier alpha value is -3.27. The zero-order valence-electron chi connectivity index (χ0n) is 16.6. The van der Waals surface area contributed by atoms with Crippen LogP contribution in [0.3, 0.4) is 0 Å². The Labute approximate surface area is 185 Å². The highest BCUT2D eigenvalue weighted by Gasteiger charge is 2.37. The Morgan fingerprint density at radius 1 is 1.22 bits per heavy atom. The summed E-state index contributed by atoms with van der Waals surface area (Å²) in [5, 5.41) is -0.155. The molecule has 0 saturated carbocycles. The maximum Gasteiger partial charge on any atom is 0.420 e. The van der Waals surface area contributed by atoms with E-state index < -0.39 is 23.3 Å². The molecule has 1 aliphatic rings. The van der Waals surface area contributed by atoms with Crippen LogP contribution in [0.5, 0.6) is 0 Å². The van der Waals surface area contributed by atoms with Gasteiger partial charge >= 0.3 is 6.18 Å². The molecule has 0 unspecified atom stereocenters. The number of fused-ring (bicyclic) bond motifs is 1. The molecule has 1 amide bonds. The Kier molecular flexibility index (Phi) is 4.96. The van der Waals surface area contributed by atoms with Crippen LogP contribution < -0.4 is 0 Å². The molecule has 166 valence electrons. The number of nitrogens with zero attached hydrogens (tertiary/aromatic N) is 5. The van der Waals surface area contributed by atoms with Gasteiger partial charge in [-0.15, -0.1) is 0 Å². The summed E-state index contributed by atoms with van der Waals surface area (Å²) < 4.78 is 49.5. The number of likely N-dealkylation sites (tertiary alicyclic amines) is 1. The van der Waals surface area contributed by atoms with Crippen molar-refractivity contribution in [3.63, 3.8) is 0 Å². The molecule has 4 aromatic heterocycles. The summed E-state index contributed by atoms with van der Waals surface area (Å²) in [5.41, 5.74) is -0.875. The van der Waals surface area contributed by atoms with E-state index in [4.69, 9.17) is 16.0 Å². The van der Waals surface area contributed by atoms with Crippen molar-refractivity contribution in [1.29, 1.82) is 0 Å². The monoisotopic (exact) mass is 463 g/mol. The number of amides is 1. The molecule has 1 saturated heterocycles. The Morgan fingerprint density at radius 3 is 2.62 bits per heavy atom. The van der Waals surface area contributed by atoms with Crippen LogP contribution in [0.4, 0.5) is 13.2 Å². The van der Waals surface area contributed by atoms with E-state index in [1.807, 2.05) is 10.8 Å². The third-order valence-electron chi connectivity index (χ3n) is 5.72. The van der Waals surface area contributed by atoms with E-state index >= 15 is 0 Å². The fourth-order valence-corrected chi connectivity index (χ4v) is 4.30. The predicted molar refractivity (Wildman–Crippen MR) is 109 cm³/mol. The fourth-order valence-electron chi connectivity index (χ4n) is 4.05. The fraction of sp³-hybridized carbons (Fsp3) is 0.286. The third kappa shape index (κ3) is 3.54. The maximum absolute atomic E-state index is 13.8. The van der Waals surface area contributed by atoms with E-state index in [1.165, 1.54) is 18.7 Å². The summed E-state index contributed by atoms with van der Waals surface area (Å²) in [5.74, 6) is -0.485. The van der Waals surface area contributed by atoms with Crippen LogP contribution in [0.2, 0.25) is 5.15 Å². The lowest BCUT2D eigenvalue weighted by Crippen LogP contribution is -2.39. The first-order valence-corrected chi connectivity index (χ1v) is 10.3. The SMILES string of the molecule is O=C(c1nc2c(C(F)(F)F)cc(-c3ccoc3)cn2c1Cl)N1CCC(n2ccnc2)CC1. The standard InChI is InChI=1S/C21H17ClF3N5O2/c22-18-17(20(31)28-5-1-15(2-6-28)29-7-4-26-12-29)27-19-16(21(23,24)25)9-14(10-30(18)19)13-3-8-32-11-13/h3-4,7-12,15H,1-2,5-6H2. The number of hydrogen-bond donors (Lipinski definition) is 0. The smallest absolute Gasteiger partial charge is 0.420 e. The van der Waals surface area contributed by atoms with Crippen LogP contribution in [0.1, 0.15) is 34.9 Å². The highest BCUT2D eigenvalue weighted by molar-refractivity contribution is 6.33. The minimum atomic E-state index is -4.68. The average molecular weight is 464 g/mol. The zero-order valence-corrected chi connectivity index (χ0v) is 17.3. The number of pyridine rings is 1. The molecule has 0 bridgehead atoms. The number of imidazole rings is 2. The second kappa shape index (κ2) is 7.70. The van der Waals surface area contributed by atoms with Crippen molar-refractivity contribution in [3.8, 4) is 11.1 Å². The van der Waals surface area contributed by atoms with E-state index in [2.05, 4.69) is 9.97 Å². The molecule has 5 heterocycles. The van der Waals surface area contributed by atoms with Crippen LogP contribution in [-0.4, -0.2) is 42.8 Å². The van der Waals surface area contributed by atoms with Gasteiger partial charge in [0.05, 0.1) is 24.4 Å². The lowest BCUT2D eigenvalue weighted by atomic mass is 10.0. The summed E-state index contributed by atoms with van der Waals surface area (Å²) in [6, 6.07) is 2.74.